The zero-order valence-corrected chi connectivity index (χ0v) is 20.4. The minimum Gasteiger partial charge on any atom is -0.494 e. The molecule has 36 heavy (non-hydrogen) atoms. The van der Waals surface area contributed by atoms with Crippen LogP contribution in [-0.2, 0) is 6.42 Å². The average Bonchev–Trinajstić information content (AvgIpc) is 3.36. The molecule has 1 atom stereocenters. The molecule has 1 amide bonds. The first-order chi connectivity index (χ1) is 17.5. The van der Waals surface area contributed by atoms with E-state index >= 15 is 0 Å². The Bertz CT molecular complexity index is 1360. The number of amides is 1. The predicted octanol–water partition coefficient (Wildman–Crippen LogP) is 5.34. The number of carbonyl (C=O) groups is 1. The largest absolute Gasteiger partial charge is 0.494 e. The van der Waals surface area contributed by atoms with E-state index in [1.54, 1.807) is 6.20 Å². The zero-order valence-electron chi connectivity index (χ0n) is 20.4. The first kappa shape index (κ1) is 24.6. The molecule has 8 nitrogen and oxygen atoms in total. The van der Waals surface area contributed by atoms with Gasteiger partial charge in [-0.1, -0.05) is 36.4 Å². The molecule has 2 aromatic carbocycles. The van der Waals surface area contributed by atoms with Crippen LogP contribution in [0.2, 0.25) is 0 Å². The Morgan fingerprint density at radius 2 is 1.97 bits per heavy atom. The lowest BCUT2D eigenvalue weighted by Crippen LogP contribution is -2.14. The summed E-state index contributed by atoms with van der Waals surface area (Å²) in [7, 11) is 0. The number of aryl methyl sites for hydroxylation is 1. The number of hydrogen-bond donors (Lipinski definition) is 2. The summed E-state index contributed by atoms with van der Waals surface area (Å²) in [5, 5.41) is 19.8. The summed E-state index contributed by atoms with van der Waals surface area (Å²) in [6, 6.07) is 21.7. The molecule has 0 aliphatic carbocycles. The number of hydrogen-bond acceptors (Lipinski definition) is 6. The number of nitrogens with zero attached hydrogens (tertiary/aromatic N) is 4. The third kappa shape index (κ3) is 6.54. The highest BCUT2D eigenvalue weighted by Gasteiger charge is 2.14. The van der Waals surface area contributed by atoms with Gasteiger partial charge in [0.2, 0.25) is 5.82 Å². The van der Waals surface area contributed by atoms with E-state index in [9.17, 15) is 4.79 Å². The van der Waals surface area contributed by atoms with Gasteiger partial charge in [-0.05, 0) is 73.2 Å². The zero-order chi connectivity index (χ0) is 25.3. The van der Waals surface area contributed by atoms with Gasteiger partial charge in [-0.25, -0.2) is 4.98 Å². The molecule has 0 spiro atoms. The summed E-state index contributed by atoms with van der Waals surface area (Å²) in [5.41, 5.74) is 4.04. The van der Waals surface area contributed by atoms with Crippen LogP contribution in [0.4, 0.5) is 5.82 Å². The molecule has 0 bridgehead atoms. The number of carbonyl (C=O) groups excluding carboxylic acids is 1. The quantitative estimate of drug-likeness (QED) is 0.296. The smallest absolute Gasteiger partial charge is 0.294 e. The number of H-pyrrole nitrogens is 1. The number of ether oxygens (including phenoxy) is 1. The van der Waals surface area contributed by atoms with Crippen LogP contribution in [-0.4, -0.2) is 32.7 Å². The lowest BCUT2D eigenvalue weighted by molar-refractivity contribution is 0.101. The van der Waals surface area contributed by atoms with Crippen molar-refractivity contribution >= 4 is 11.7 Å². The van der Waals surface area contributed by atoms with Gasteiger partial charge in [0.15, 0.2) is 0 Å². The van der Waals surface area contributed by atoms with E-state index in [1.807, 2.05) is 74.5 Å². The molecule has 0 saturated heterocycles. The summed E-state index contributed by atoms with van der Waals surface area (Å²) in [5.74, 6) is 1.53. The molecule has 0 radical (unpaired) electrons. The molecule has 2 aromatic heterocycles. The summed E-state index contributed by atoms with van der Waals surface area (Å²) in [4.78, 5) is 20.0. The van der Waals surface area contributed by atoms with Crippen molar-refractivity contribution < 1.29 is 9.53 Å². The molecule has 8 heteroatoms. The van der Waals surface area contributed by atoms with E-state index in [4.69, 9.17) is 10.00 Å². The number of nitrogens with one attached hydrogen (secondary N) is 2. The van der Waals surface area contributed by atoms with E-state index in [-0.39, 0.29) is 11.7 Å². The van der Waals surface area contributed by atoms with Gasteiger partial charge in [0.05, 0.1) is 12.7 Å². The maximum absolute atomic E-state index is 12.7. The SMILES string of the molecule is Cc1ccc(OCCCC(C)C#N)cc1-c1ccnc(NC(=O)c2nnc(Cc3ccccc3)[nH]2)c1. The summed E-state index contributed by atoms with van der Waals surface area (Å²) in [6.07, 6.45) is 3.84. The van der Waals surface area contributed by atoms with Gasteiger partial charge in [-0.3, -0.25) is 4.79 Å². The first-order valence-corrected chi connectivity index (χ1v) is 11.9. The summed E-state index contributed by atoms with van der Waals surface area (Å²) >= 11 is 0. The molecule has 4 aromatic rings. The molecule has 0 saturated carbocycles. The molecule has 182 valence electrons. The number of aromatic amines is 1. The van der Waals surface area contributed by atoms with Crippen molar-refractivity contribution in [3.63, 3.8) is 0 Å². The topological polar surface area (TPSA) is 117 Å². The van der Waals surface area contributed by atoms with Gasteiger partial charge in [0, 0.05) is 18.5 Å². The number of pyridine rings is 1. The second-order valence-electron chi connectivity index (χ2n) is 8.66. The van der Waals surface area contributed by atoms with E-state index in [0.29, 0.717) is 24.7 Å². The van der Waals surface area contributed by atoms with Crippen molar-refractivity contribution in [3.05, 3.63) is 89.6 Å². The number of nitriles is 1. The lowest BCUT2D eigenvalue weighted by Gasteiger charge is -2.12. The number of rotatable bonds is 10. The number of benzene rings is 2. The Hall–Kier alpha value is -4.51. The van der Waals surface area contributed by atoms with Crippen LogP contribution in [0.15, 0.2) is 66.9 Å². The van der Waals surface area contributed by atoms with E-state index in [1.165, 1.54) is 0 Å². The van der Waals surface area contributed by atoms with Gasteiger partial charge >= 0.3 is 0 Å². The molecule has 0 aliphatic rings. The molecular weight excluding hydrogens is 452 g/mol. The van der Waals surface area contributed by atoms with Crippen molar-refractivity contribution in [1.29, 1.82) is 5.26 Å². The second-order valence-corrected chi connectivity index (χ2v) is 8.66. The first-order valence-electron chi connectivity index (χ1n) is 11.9. The molecular formula is C28H28N6O2. The van der Waals surface area contributed by atoms with Crippen LogP contribution >= 0.6 is 0 Å². The standard InChI is InChI=1S/C28H28N6O2/c1-19(18-29)7-6-14-36-23-11-10-20(2)24(17-23)22-12-13-30-25(16-22)32-28(35)27-31-26(33-34-27)15-21-8-4-3-5-9-21/h3-5,8-13,16-17,19H,6-7,14-15H2,1-2H3,(H,30,32,35)(H,31,33,34). The van der Waals surface area contributed by atoms with Gasteiger partial charge in [0.1, 0.15) is 17.4 Å². The highest BCUT2D eigenvalue weighted by Crippen LogP contribution is 2.29. The molecule has 4 rings (SSSR count). The Morgan fingerprint density at radius 3 is 2.78 bits per heavy atom. The molecule has 0 aliphatic heterocycles. The highest BCUT2D eigenvalue weighted by molar-refractivity contribution is 6.01. The van der Waals surface area contributed by atoms with Crippen molar-refractivity contribution in [2.75, 3.05) is 11.9 Å². The van der Waals surface area contributed by atoms with Crippen molar-refractivity contribution in [1.82, 2.24) is 20.2 Å². The lowest BCUT2D eigenvalue weighted by atomic mass is 10.0. The van der Waals surface area contributed by atoms with Crippen LogP contribution in [0.25, 0.3) is 11.1 Å². The van der Waals surface area contributed by atoms with Crippen molar-refractivity contribution in [2.45, 2.75) is 33.1 Å². The Morgan fingerprint density at radius 1 is 1.14 bits per heavy atom. The molecule has 1 unspecified atom stereocenters. The van der Waals surface area contributed by atoms with Crippen LogP contribution in [0, 0.1) is 24.2 Å². The van der Waals surface area contributed by atoms with Crippen LogP contribution < -0.4 is 10.1 Å². The number of anilines is 1. The van der Waals surface area contributed by atoms with E-state index < -0.39 is 5.91 Å². The number of aromatic nitrogens is 4. The fraction of sp³-hybridized carbons (Fsp3) is 0.250. The van der Waals surface area contributed by atoms with Gasteiger partial charge in [0.25, 0.3) is 5.91 Å². The Kier molecular flexibility index (Phi) is 8.04. The molecule has 2 heterocycles. The Labute approximate surface area is 210 Å². The normalized spacial score (nSPS) is 11.5. The predicted molar refractivity (Wildman–Crippen MR) is 137 cm³/mol. The fourth-order valence-corrected chi connectivity index (χ4v) is 3.76. The maximum Gasteiger partial charge on any atom is 0.294 e. The molecule has 0 fully saturated rings. The summed E-state index contributed by atoms with van der Waals surface area (Å²) < 4.78 is 5.90. The van der Waals surface area contributed by atoms with Crippen molar-refractivity contribution in [2.24, 2.45) is 5.92 Å². The fourth-order valence-electron chi connectivity index (χ4n) is 3.76. The average molecular weight is 481 g/mol. The second kappa shape index (κ2) is 11.8. The summed E-state index contributed by atoms with van der Waals surface area (Å²) in [6.45, 7) is 4.49. The minimum atomic E-state index is -0.410. The van der Waals surface area contributed by atoms with Gasteiger partial charge < -0.3 is 15.0 Å². The Balaban J connectivity index is 1.41. The third-order valence-electron chi connectivity index (χ3n) is 5.76. The van der Waals surface area contributed by atoms with Gasteiger partial charge in [-0.2, -0.15) is 5.26 Å². The van der Waals surface area contributed by atoms with Crippen LogP contribution in [0.1, 0.15) is 47.3 Å². The third-order valence-corrected chi connectivity index (χ3v) is 5.76. The minimum absolute atomic E-state index is 0.0278. The van der Waals surface area contributed by atoms with E-state index in [0.717, 1.165) is 40.8 Å². The van der Waals surface area contributed by atoms with E-state index in [2.05, 4.69) is 31.6 Å². The monoisotopic (exact) mass is 480 g/mol. The van der Waals surface area contributed by atoms with Crippen molar-refractivity contribution in [3.8, 4) is 22.9 Å². The van der Waals surface area contributed by atoms with Crippen LogP contribution in [0.3, 0.4) is 0 Å². The highest BCUT2D eigenvalue weighted by atomic mass is 16.5. The maximum atomic E-state index is 12.7. The molecule has 2 N–H and O–H groups in total. The van der Waals surface area contributed by atoms with Gasteiger partial charge in [-0.15, -0.1) is 10.2 Å². The van der Waals surface area contributed by atoms with Crippen LogP contribution in [0.5, 0.6) is 5.75 Å².